The van der Waals surface area contributed by atoms with Gasteiger partial charge in [0.15, 0.2) is 0 Å². The Morgan fingerprint density at radius 2 is 1.85 bits per heavy atom. The second-order valence-electron chi connectivity index (χ2n) is 4.75. The van der Waals surface area contributed by atoms with Gasteiger partial charge in [-0.05, 0) is 35.7 Å². The fraction of sp³-hybridized carbons (Fsp3) is 0.250. The molecular weight excluding hydrogens is 343 g/mol. The maximum atomic E-state index is 13.9. The molecule has 1 nitrogen and oxygen atoms in total. The zero-order chi connectivity index (χ0) is 14.6. The average molecular weight is 358 g/mol. The van der Waals surface area contributed by atoms with Gasteiger partial charge in [-0.2, -0.15) is 0 Å². The molecule has 0 aliphatic rings. The third-order valence-corrected chi connectivity index (χ3v) is 3.99. The first-order valence-corrected chi connectivity index (χ1v) is 7.66. The molecule has 0 saturated heterocycles. The van der Waals surface area contributed by atoms with E-state index >= 15 is 0 Å². The van der Waals surface area contributed by atoms with Crippen molar-refractivity contribution in [2.75, 3.05) is 5.88 Å². The highest BCUT2D eigenvalue weighted by atomic mass is 79.9. The van der Waals surface area contributed by atoms with E-state index in [1.54, 1.807) is 12.1 Å². The van der Waals surface area contributed by atoms with Gasteiger partial charge in [0.2, 0.25) is 0 Å². The van der Waals surface area contributed by atoms with Crippen LogP contribution in [-0.2, 0) is 12.0 Å². The van der Waals surface area contributed by atoms with Crippen LogP contribution in [0.5, 0.6) is 0 Å². The Balaban J connectivity index is 2.36. The molecule has 20 heavy (non-hydrogen) atoms. The van der Waals surface area contributed by atoms with E-state index in [0.29, 0.717) is 17.9 Å². The highest BCUT2D eigenvalue weighted by Crippen LogP contribution is 2.31. The SMILES string of the molecule is OC(CCCl)(Cc1cc(Br)ccc1F)c1ccccc1. The van der Waals surface area contributed by atoms with E-state index in [1.807, 2.05) is 30.3 Å². The van der Waals surface area contributed by atoms with Crippen molar-refractivity contribution < 1.29 is 9.50 Å². The Labute approximate surface area is 131 Å². The van der Waals surface area contributed by atoms with Crippen LogP contribution in [0.4, 0.5) is 4.39 Å². The summed E-state index contributed by atoms with van der Waals surface area (Å²) in [6.45, 7) is 0. The Kier molecular flexibility index (Phi) is 5.19. The van der Waals surface area contributed by atoms with Crippen LogP contribution in [0.15, 0.2) is 53.0 Å². The zero-order valence-corrected chi connectivity index (χ0v) is 13.2. The van der Waals surface area contributed by atoms with Crippen molar-refractivity contribution in [3.8, 4) is 0 Å². The predicted molar refractivity (Wildman–Crippen MR) is 83.5 cm³/mol. The number of hydrogen-bond donors (Lipinski definition) is 1. The van der Waals surface area contributed by atoms with Crippen molar-refractivity contribution in [1.82, 2.24) is 0 Å². The molecule has 0 fully saturated rings. The average Bonchev–Trinajstić information content (AvgIpc) is 2.44. The second-order valence-corrected chi connectivity index (χ2v) is 6.04. The van der Waals surface area contributed by atoms with Crippen molar-refractivity contribution in [3.63, 3.8) is 0 Å². The number of benzene rings is 2. The summed E-state index contributed by atoms with van der Waals surface area (Å²) in [5, 5.41) is 10.9. The molecule has 0 spiro atoms. The molecule has 0 radical (unpaired) electrons. The van der Waals surface area contributed by atoms with E-state index in [0.717, 1.165) is 10.0 Å². The Morgan fingerprint density at radius 3 is 2.50 bits per heavy atom. The molecule has 0 amide bonds. The molecule has 2 rings (SSSR count). The Bertz CT molecular complexity index is 576. The predicted octanol–water partition coefficient (Wildman–Crippen LogP) is 4.65. The summed E-state index contributed by atoms with van der Waals surface area (Å²) in [5.74, 6) is -0.0155. The fourth-order valence-corrected chi connectivity index (χ4v) is 2.95. The maximum absolute atomic E-state index is 13.9. The number of aliphatic hydroxyl groups is 1. The van der Waals surface area contributed by atoms with Gasteiger partial charge in [-0.15, -0.1) is 11.6 Å². The monoisotopic (exact) mass is 356 g/mol. The number of rotatable bonds is 5. The summed E-state index contributed by atoms with van der Waals surface area (Å²) < 4.78 is 14.7. The molecule has 1 unspecified atom stereocenters. The minimum atomic E-state index is -1.16. The maximum Gasteiger partial charge on any atom is 0.126 e. The van der Waals surface area contributed by atoms with Gasteiger partial charge in [0.1, 0.15) is 5.82 Å². The lowest BCUT2D eigenvalue weighted by atomic mass is 9.85. The smallest absolute Gasteiger partial charge is 0.126 e. The van der Waals surface area contributed by atoms with Crippen LogP contribution in [0.3, 0.4) is 0 Å². The summed E-state index contributed by atoms with van der Waals surface area (Å²) in [5.41, 5.74) is 0.0563. The molecule has 0 aliphatic carbocycles. The first-order chi connectivity index (χ1) is 9.55. The van der Waals surface area contributed by atoms with Gasteiger partial charge >= 0.3 is 0 Å². The molecule has 1 atom stereocenters. The van der Waals surface area contributed by atoms with E-state index in [4.69, 9.17) is 11.6 Å². The summed E-state index contributed by atoms with van der Waals surface area (Å²) in [4.78, 5) is 0. The summed E-state index contributed by atoms with van der Waals surface area (Å²) in [6, 6.07) is 14.0. The van der Waals surface area contributed by atoms with Crippen molar-refractivity contribution in [2.24, 2.45) is 0 Å². The van der Waals surface area contributed by atoms with Crippen LogP contribution >= 0.6 is 27.5 Å². The lowest BCUT2D eigenvalue weighted by molar-refractivity contribution is 0.0328. The number of alkyl halides is 1. The summed E-state index contributed by atoms with van der Waals surface area (Å²) in [6.07, 6.45) is 0.555. The fourth-order valence-electron chi connectivity index (χ4n) is 2.23. The third-order valence-electron chi connectivity index (χ3n) is 3.31. The topological polar surface area (TPSA) is 20.2 Å². The molecule has 2 aromatic rings. The van der Waals surface area contributed by atoms with E-state index in [2.05, 4.69) is 15.9 Å². The van der Waals surface area contributed by atoms with Crippen LogP contribution < -0.4 is 0 Å². The van der Waals surface area contributed by atoms with Gasteiger partial charge in [0.25, 0.3) is 0 Å². The molecule has 106 valence electrons. The van der Waals surface area contributed by atoms with Crippen molar-refractivity contribution in [2.45, 2.75) is 18.4 Å². The van der Waals surface area contributed by atoms with E-state index in [-0.39, 0.29) is 12.2 Å². The quantitative estimate of drug-likeness (QED) is 0.772. The Hall–Kier alpha value is -0.900. The van der Waals surface area contributed by atoms with Gasteiger partial charge in [-0.1, -0.05) is 46.3 Å². The third kappa shape index (κ3) is 3.60. The lowest BCUT2D eigenvalue weighted by Crippen LogP contribution is -2.29. The van der Waals surface area contributed by atoms with Gasteiger partial charge in [0.05, 0.1) is 5.60 Å². The summed E-state index contributed by atoms with van der Waals surface area (Å²) in [7, 11) is 0. The molecule has 0 saturated carbocycles. The standard InChI is InChI=1S/C16H15BrClFO/c17-14-6-7-15(19)12(10-14)11-16(20,8-9-18)13-4-2-1-3-5-13/h1-7,10,20H,8-9,11H2. The van der Waals surface area contributed by atoms with Crippen LogP contribution in [0.1, 0.15) is 17.5 Å². The Morgan fingerprint density at radius 1 is 1.15 bits per heavy atom. The zero-order valence-electron chi connectivity index (χ0n) is 10.8. The summed E-state index contributed by atoms with van der Waals surface area (Å²) >= 11 is 9.13. The number of halogens is 3. The molecule has 4 heteroatoms. The lowest BCUT2D eigenvalue weighted by Gasteiger charge is -2.28. The van der Waals surface area contributed by atoms with E-state index in [9.17, 15) is 9.50 Å². The van der Waals surface area contributed by atoms with Gasteiger partial charge in [-0.25, -0.2) is 4.39 Å². The highest BCUT2D eigenvalue weighted by Gasteiger charge is 2.30. The minimum absolute atomic E-state index is 0.189. The van der Waals surface area contributed by atoms with Crippen LogP contribution in [0.25, 0.3) is 0 Å². The normalized spacial score (nSPS) is 14.0. The first-order valence-electron chi connectivity index (χ1n) is 6.33. The molecule has 0 bridgehead atoms. The van der Waals surface area contributed by atoms with Crippen molar-refractivity contribution in [3.05, 3.63) is 69.9 Å². The number of hydrogen-bond acceptors (Lipinski definition) is 1. The molecule has 2 aromatic carbocycles. The van der Waals surface area contributed by atoms with Crippen molar-refractivity contribution in [1.29, 1.82) is 0 Å². The van der Waals surface area contributed by atoms with Gasteiger partial charge < -0.3 is 5.11 Å². The van der Waals surface area contributed by atoms with Crippen molar-refractivity contribution >= 4 is 27.5 Å². The first kappa shape index (κ1) is 15.5. The van der Waals surface area contributed by atoms with Crippen LogP contribution in [0, 0.1) is 5.82 Å². The van der Waals surface area contributed by atoms with Gasteiger partial charge in [0, 0.05) is 16.8 Å². The highest BCUT2D eigenvalue weighted by molar-refractivity contribution is 9.10. The second kappa shape index (κ2) is 6.70. The molecule has 0 aromatic heterocycles. The van der Waals surface area contributed by atoms with E-state index < -0.39 is 5.60 Å². The largest absolute Gasteiger partial charge is 0.385 e. The van der Waals surface area contributed by atoms with Crippen LogP contribution in [0.2, 0.25) is 0 Å². The molecular formula is C16H15BrClFO. The van der Waals surface area contributed by atoms with E-state index in [1.165, 1.54) is 6.07 Å². The van der Waals surface area contributed by atoms with Crippen LogP contribution in [-0.4, -0.2) is 11.0 Å². The minimum Gasteiger partial charge on any atom is -0.385 e. The molecule has 0 aliphatic heterocycles. The molecule has 0 heterocycles. The molecule has 1 N–H and O–H groups in total. The van der Waals surface area contributed by atoms with Gasteiger partial charge in [-0.3, -0.25) is 0 Å².